The van der Waals surface area contributed by atoms with E-state index < -0.39 is 0 Å². The van der Waals surface area contributed by atoms with Crippen molar-refractivity contribution in [3.8, 4) is 0 Å². The molecule has 0 saturated heterocycles. The van der Waals surface area contributed by atoms with Crippen LogP contribution in [0, 0.1) is 12.8 Å². The molecular formula is C12H22O2. The smallest absolute Gasteiger partial charge is 0.0611 e. The SMILES string of the molecule is CCCOC1[CH]CC(OCCC)[CH]C1. The van der Waals surface area contributed by atoms with Crippen LogP contribution in [0.15, 0.2) is 0 Å². The predicted molar refractivity (Wildman–Crippen MR) is 57.9 cm³/mol. The van der Waals surface area contributed by atoms with Crippen LogP contribution < -0.4 is 0 Å². The summed E-state index contributed by atoms with van der Waals surface area (Å²) >= 11 is 0. The van der Waals surface area contributed by atoms with Crippen LogP contribution in [0.4, 0.5) is 0 Å². The van der Waals surface area contributed by atoms with E-state index in [9.17, 15) is 0 Å². The molecule has 1 saturated carbocycles. The Bertz CT molecular complexity index is 112. The Labute approximate surface area is 88.0 Å². The van der Waals surface area contributed by atoms with Crippen molar-refractivity contribution in [2.75, 3.05) is 13.2 Å². The van der Waals surface area contributed by atoms with Gasteiger partial charge in [-0.05, 0) is 38.5 Å². The van der Waals surface area contributed by atoms with Gasteiger partial charge in [0, 0.05) is 13.2 Å². The maximum atomic E-state index is 5.64. The third kappa shape index (κ3) is 4.43. The molecule has 14 heavy (non-hydrogen) atoms. The summed E-state index contributed by atoms with van der Waals surface area (Å²) in [5.74, 6) is 0. The first-order valence-corrected chi connectivity index (χ1v) is 5.76. The van der Waals surface area contributed by atoms with Crippen molar-refractivity contribution in [2.45, 2.75) is 51.7 Å². The van der Waals surface area contributed by atoms with Gasteiger partial charge in [-0.2, -0.15) is 0 Å². The second-order valence-corrected chi connectivity index (χ2v) is 3.76. The molecule has 1 fully saturated rings. The molecule has 2 heteroatoms. The fourth-order valence-corrected chi connectivity index (χ4v) is 1.57. The van der Waals surface area contributed by atoms with E-state index in [2.05, 4.69) is 26.7 Å². The van der Waals surface area contributed by atoms with Crippen molar-refractivity contribution >= 4 is 0 Å². The first-order valence-electron chi connectivity index (χ1n) is 5.76. The lowest BCUT2D eigenvalue weighted by Crippen LogP contribution is -2.28. The minimum absolute atomic E-state index is 0.330. The van der Waals surface area contributed by atoms with Crippen LogP contribution >= 0.6 is 0 Å². The first kappa shape index (κ1) is 12.0. The molecule has 1 aliphatic rings. The Morgan fingerprint density at radius 2 is 1.36 bits per heavy atom. The van der Waals surface area contributed by atoms with E-state index in [1.165, 1.54) is 0 Å². The van der Waals surface area contributed by atoms with Gasteiger partial charge in [0.15, 0.2) is 0 Å². The van der Waals surface area contributed by atoms with E-state index >= 15 is 0 Å². The first-order chi connectivity index (χ1) is 6.86. The summed E-state index contributed by atoms with van der Waals surface area (Å²) in [6.45, 7) is 6.02. The fourth-order valence-electron chi connectivity index (χ4n) is 1.57. The molecule has 2 unspecified atom stereocenters. The van der Waals surface area contributed by atoms with E-state index in [-0.39, 0.29) is 0 Å². The molecule has 0 aromatic rings. The van der Waals surface area contributed by atoms with Gasteiger partial charge in [0.25, 0.3) is 0 Å². The molecule has 0 aromatic carbocycles. The number of hydrogen-bond donors (Lipinski definition) is 0. The lowest BCUT2D eigenvalue weighted by atomic mass is 9.95. The van der Waals surface area contributed by atoms with E-state index in [4.69, 9.17) is 9.47 Å². The summed E-state index contributed by atoms with van der Waals surface area (Å²) in [6, 6.07) is 0. The Kier molecular flexibility index (Phi) is 6.20. The molecule has 0 spiro atoms. The minimum Gasteiger partial charge on any atom is -0.378 e. The zero-order valence-corrected chi connectivity index (χ0v) is 9.37. The third-order valence-electron chi connectivity index (χ3n) is 2.33. The quantitative estimate of drug-likeness (QED) is 0.653. The van der Waals surface area contributed by atoms with Crippen LogP contribution in [0.25, 0.3) is 0 Å². The van der Waals surface area contributed by atoms with Gasteiger partial charge in [-0.3, -0.25) is 0 Å². The molecule has 0 amide bonds. The van der Waals surface area contributed by atoms with Crippen molar-refractivity contribution in [3.05, 3.63) is 12.8 Å². The number of ether oxygens (including phenoxy) is 2. The van der Waals surface area contributed by atoms with Gasteiger partial charge in [0.05, 0.1) is 12.2 Å². The topological polar surface area (TPSA) is 18.5 Å². The minimum atomic E-state index is 0.330. The van der Waals surface area contributed by atoms with E-state index in [0.29, 0.717) is 12.2 Å². The molecule has 1 rings (SSSR count). The zero-order chi connectivity index (χ0) is 10.2. The average molecular weight is 198 g/mol. The summed E-state index contributed by atoms with van der Waals surface area (Å²) in [6.07, 6.45) is 9.36. The molecule has 0 heterocycles. The zero-order valence-electron chi connectivity index (χ0n) is 9.37. The lowest BCUT2D eigenvalue weighted by molar-refractivity contribution is 0.0209. The van der Waals surface area contributed by atoms with Crippen molar-refractivity contribution in [2.24, 2.45) is 0 Å². The Hall–Kier alpha value is -0.0800. The highest BCUT2D eigenvalue weighted by Gasteiger charge is 2.21. The number of hydrogen-bond acceptors (Lipinski definition) is 2. The molecule has 0 bridgehead atoms. The molecule has 2 radical (unpaired) electrons. The normalized spacial score (nSPS) is 27.9. The second-order valence-electron chi connectivity index (χ2n) is 3.76. The van der Waals surface area contributed by atoms with Gasteiger partial charge in [-0.1, -0.05) is 13.8 Å². The van der Waals surface area contributed by atoms with Crippen molar-refractivity contribution < 1.29 is 9.47 Å². The van der Waals surface area contributed by atoms with Gasteiger partial charge < -0.3 is 9.47 Å². The molecule has 2 atom stereocenters. The highest BCUT2D eigenvalue weighted by atomic mass is 16.5. The molecule has 82 valence electrons. The average Bonchev–Trinajstić information content (AvgIpc) is 2.25. The summed E-state index contributed by atoms with van der Waals surface area (Å²) in [5, 5.41) is 0. The van der Waals surface area contributed by atoms with Gasteiger partial charge >= 0.3 is 0 Å². The van der Waals surface area contributed by atoms with Crippen LogP contribution in [0.3, 0.4) is 0 Å². The van der Waals surface area contributed by atoms with Crippen LogP contribution in [0.5, 0.6) is 0 Å². The van der Waals surface area contributed by atoms with E-state index in [1.54, 1.807) is 0 Å². The molecule has 0 N–H and O–H groups in total. The van der Waals surface area contributed by atoms with Gasteiger partial charge in [0.2, 0.25) is 0 Å². The van der Waals surface area contributed by atoms with Crippen LogP contribution in [0.1, 0.15) is 39.5 Å². The molecule has 1 aliphatic carbocycles. The molecular weight excluding hydrogens is 176 g/mol. The van der Waals surface area contributed by atoms with Crippen molar-refractivity contribution in [3.63, 3.8) is 0 Å². The van der Waals surface area contributed by atoms with E-state index in [0.717, 1.165) is 38.9 Å². The summed E-state index contributed by atoms with van der Waals surface area (Å²) in [4.78, 5) is 0. The summed E-state index contributed by atoms with van der Waals surface area (Å²) in [7, 11) is 0. The van der Waals surface area contributed by atoms with Crippen molar-refractivity contribution in [1.82, 2.24) is 0 Å². The fraction of sp³-hybridized carbons (Fsp3) is 0.833. The van der Waals surface area contributed by atoms with Gasteiger partial charge in [-0.25, -0.2) is 0 Å². The predicted octanol–water partition coefficient (Wildman–Crippen LogP) is 2.78. The van der Waals surface area contributed by atoms with E-state index in [1.807, 2.05) is 0 Å². The monoisotopic (exact) mass is 198 g/mol. The second kappa shape index (κ2) is 7.24. The van der Waals surface area contributed by atoms with Crippen LogP contribution in [-0.4, -0.2) is 25.4 Å². The van der Waals surface area contributed by atoms with Crippen LogP contribution in [-0.2, 0) is 9.47 Å². The van der Waals surface area contributed by atoms with Gasteiger partial charge in [-0.15, -0.1) is 0 Å². The summed E-state index contributed by atoms with van der Waals surface area (Å²) < 4.78 is 11.3. The highest BCUT2D eigenvalue weighted by molar-refractivity contribution is 4.96. The number of rotatable bonds is 6. The Morgan fingerprint density at radius 1 is 0.929 bits per heavy atom. The summed E-state index contributed by atoms with van der Waals surface area (Å²) in [5.41, 5.74) is 0. The maximum Gasteiger partial charge on any atom is 0.0611 e. The van der Waals surface area contributed by atoms with Crippen molar-refractivity contribution in [1.29, 1.82) is 0 Å². The third-order valence-corrected chi connectivity index (χ3v) is 2.33. The molecule has 2 nitrogen and oxygen atoms in total. The molecule has 0 aromatic heterocycles. The van der Waals surface area contributed by atoms with Crippen LogP contribution in [0.2, 0.25) is 0 Å². The maximum absolute atomic E-state index is 5.64. The Balaban J connectivity index is 2.05. The highest BCUT2D eigenvalue weighted by Crippen LogP contribution is 2.21. The standard InChI is InChI=1S/C12H22O2/c1-3-9-13-11-5-7-12(8-6-11)14-10-4-2/h5,8,11-12H,3-4,6-7,9-10H2,1-2H3. The molecule has 0 aliphatic heterocycles. The van der Waals surface area contributed by atoms with Gasteiger partial charge in [0.1, 0.15) is 0 Å². The largest absolute Gasteiger partial charge is 0.378 e. The Morgan fingerprint density at radius 3 is 1.64 bits per heavy atom. The lowest BCUT2D eigenvalue weighted by Gasteiger charge is -2.27.